The minimum absolute atomic E-state index is 0. The second kappa shape index (κ2) is 9.03. The molecule has 21 heavy (non-hydrogen) atoms. The molecule has 1 aromatic rings. The van der Waals surface area contributed by atoms with Gasteiger partial charge in [-0.15, -0.1) is 12.4 Å². The van der Waals surface area contributed by atoms with Gasteiger partial charge in [-0.05, 0) is 57.5 Å². The zero-order chi connectivity index (χ0) is 14.4. The Balaban J connectivity index is 0.00000220. The lowest BCUT2D eigenvalue weighted by atomic mass is 9.97. The highest BCUT2D eigenvalue weighted by molar-refractivity contribution is 5.92. The first-order chi connectivity index (χ1) is 9.65. The molecule has 5 heteroatoms. The summed E-state index contributed by atoms with van der Waals surface area (Å²) in [4.78, 5) is 12.1. The van der Waals surface area contributed by atoms with E-state index >= 15 is 0 Å². The van der Waals surface area contributed by atoms with Gasteiger partial charge in [0, 0.05) is 11.6 Å². The Morgan fingerprint density at radius 3 is 2.48 bits per heavy atom. The number of hydrogen-bond donors (Lipinski definition) is 2. The predicted molar refractivity (Wildman–Crippen MR) is 87.8 cm³/mol. The maximum atomic E-state index is 12.1. The van der Waals surface area contributed by atoms with E-state index in [4.69, 9.17) is 4.74 Å². The fourth-order valence-electron chi connectivity index (χ4n) is 2.28. The zero-order valence-corrected chi connectivity index (χ0v) is 13.5. The van der Waals surface area contributed by atoms with Crippen LogP contribution in [0.4, 0.5) is 5.69 Å². The Morgan fingerprint density at radius 2 is 1.90 bits per heavy atom. The highest BCUT2D eigenvalue weighted by Crippen LogP contribution is 2.16. The molecule has 0 spiro atoms. The van der Waals surface area contributed by atoms with Crippen LogP contribution in [0.3, 0.4) is 0 Å². The molecule has 2 rings (SSSR count). The van der Waals surface area contributed by atoms with Gasteiger partial charge in [0.2, 0.25) is 5.91 Å². The van der Waals surface area contributed by atoms with Crippen molar-refractivity contribution < 1.29 is 9.53 Å². The Morgan fingerprint density at radius 1 is 1.29 bits per heavy atom. The van der Waals surface area contributed by atoms with Crippen LogP contribution in [-0.2, 0) is 16.1 Å². The van der Waals surface area contributed by atoms with Gasteiger partial charge >= 0.3 is 0 Å². The lowest BCUT2D eigenvalue weighted by Gasteiger charge is -2.21. The van der Waals surface area contributed by atoms with Crippen LogP contribution in [0.1, 0.15) is 32.3 Å². The summed E-state index contributed by atoms with van der Waals surface area (Å²) >= 11 is 0. The Kier molecular flexibility index (Phi) is 7.72. The number of nitrogens with one attached hydrogen (secondary N) is 2. The van der Waals surface area contributed by atoms with Gasteiger partial charge in [0.15, 0.2) is 0 Å². The average molecular weight is 313 g/mol. The summed E-state index contributed by atoms with van der Waals surface area (Å²) in [5.41, 5.74) is 1.99. The molecule has 1 saturated heterocycles. The molecule has 0 saturated carbocycles. The zero-order valence-electron chi connectivity index (χ0n) is 12.7. The van der Waals surface area contributed by atoms with Crippen LogP contribution in [0.15, 0.2) is 24.3 Å². The van der Waals surface area contributed by atoms with Crippen molar-refractivity contribution >= 4 is 24.0 Å². The van der Waals surface area contributed by atoms with Crippen molar-refractivity contribution in [1.82, 2.24) is 5.32 Å². The third kappa shape index (κ3) is 6.04. The van der Waals surface area contributed by atoms with Crippen molar-refractivity contribution in [2.45, 2.75) is 39.4 Å². The van der Waals surface area contributed by atoms with Crippen molar-refractivity contribution in [1.29, 1.82) is 0 Å². The van der Waals surface area contributed by atoms with Gasteiger partial charge in [-0.25, -0.2) is 0 Å². The Bertz CT molecular complexity index is 428. The highest BCUT2D eigenvalue weighted by atomic mass is 35.5. The van der Waals surface area contributed by atoms with Gasteiger partial charge in [-0.3, -0.25) is 4.79 Å². The number of ether oxygens (including phenoxy) is 1. The second-order valence-corrected chi connectivity index (χ2v) is 5.57. The maximum absolute atomic E-state index is 12.1. The summed E-state index contributed by atoms with van der Waals surface area (Å²) in [7, 11) is 0. The quantitative estimate of drug-likeness (QED) is 0.879. The minimum atomic E-state index is 0. The van der Waals surface area contributed by atoms with Crippen LogP contribution in [0.25, 0.3) is 0 Å². The third-order valence-corrected chi connectivity index (χ3v) is 3.51. The first-order valence-corrected chi connectivity index (χ1v) is 7.37. The van der Waals surface area contributed by atoms with Crippen molar-refractivity contribution in [3.8, 4) is 0 Å². The SMILES string of the molecule is CC(C)OCc1ccc(NC(=O)C2CCNCC2)cc1.Cl. The molecule has 0 atom stereocenters. The van der Waals surface area contributed by atoms with E-state index in [9.17, 15) is 4.79 Å². The van der Waals surface area contributed by atoms with Crippen molar-refractivity contribution in [2.24, 2.45) is 5.92 Å². The molecule has 0 aromatic heterocycles. The summed E-state index contributed by atoms with van der Waals surface area (Å²) in [6.07, 6.45) is 2.08. The number of carbonyl (C=O) groups excluding carboxylic acids is 1. The molecule has 1 fully saturated rings. The molecule has 0 radical (unpaired) electrons. The molecule has 0 bridgehead atoms. The molecule has 1 heterocycles. The Labute approximate surface area is 133 Å². The molecule has 1 aliphatic rings. The number of benzene rings is 1. The van der Waals surface area contributed by atoms with E-state index in [-0.39, 0.29) is 30.3 Å². The molecule has 1 aliphatic heterocycles. The van der Waals surface area contributed by atoms with Gasteiger partial charge in [0.1, 0.15) is 0 Å². The van der Waals surface area contributed by atoms with Gasteiger partial charge in [-0.1, -0.05) is 12.1 Å². The number of anilines is 1. The fourth-order valence-corrected chi connectivity index (χ4v) is 2.28. The monoisotopic (exact) mass is 312 g/mol. The summed E-state index contributed by atoms with van der Waals surface area (Å²) in [6, 6.07) is 7.89. The van der Waals surface area contributed by atoms with E-state index in [1.54, 1.807) is 0 Å². The summed E-state index contributed by atoms with van der Waals surface area (Å²) in [6.45, 7) is 6.52. The lowest BCUT2D eigenvalue weighted by Crippen LogP contribution is -2.34. The number of rotatable bonds is 5. The third-order valence-electron chi connectivity index (χ3n) is 3.51. The Hall–Kier alpha value is -1.10. The van der Waals surface area contributed by atoms with Crippen LogP contribution >= 0.6 is 12.4 Å². The van der Waals surface area contributed by atoms with E-state index < -0.39 is 0 Å². The van der Waals surface area contributed by atoms with Crippen LogP contribution < -0.4 is 10.6 Å². The molecule has 0 unspecified atom stereocenters. The number of halogens is 1. The van der Waals surface area contributed by atoms with Gasteiger partial charge in [0.05, 0.1) is 12.7 Å². The van der Waals surface area contributed by atoms with E-state index in [0.29, 0.717) is 6.61 Å². The van der Waals surface area contributed by atoms with E-state index in [2.05, 4.69) is 10.6 Å². The van der Waals surface area contributed by atoms with E-state index in [1.807, 2.05) is 38.1 Å². The number of carbonyl (C=O) groups is 1. The smallest absolute Gasteiger partial charge is 0.227 e. The molecule has 1 aromatic carbocycles. The summed E-state index contributed by atoms with van der Waals surface area (Å²) < 4.78 is 5.55. The van der Waals surface area contributed by atoms with E-state index in [0.717, 1.165) is 37.2 Å². The van der Waals surface area contributed by atoms with E-state index in [1.165, 1.54) is 0 Å². The van der Waals surface area contributed by atoms with Crippen molar-refractivity contribution in [2.75, 3.05) is 18.4 Å². The van der Waals surface area contributed by atoms with Crippen LogP contribution in [0, 0.1) is 5.92 Å². The maximum Gasteiger partial charge on any atom is 0.227 e. The second-order valence-electron chi connectivity index (χ2n) is 5.57. The molecule has 0 aliphatic carbocycles. The van der Waals surface area contributed by atoms with Crippen molar-refractivity contribution in [3.63, 3.8) is 0 Å². The average Bonchev–Trinajstić information content (AvgIpc) is 2.47. The molecule has 4 nitrogen and oxygen atoms in total. The van der Waals surface area contributed by atoms with Crippen LogP contribution in [-0.4, -0.2) is 25.1 Å². The molecular formula is C16H25ClN2O2. The fraction of sp³-hybridized carbons (Fsp3) is 0.562. The molecule has 118 valence electrons. The number of hydrogen-bond acceptors (Lipinski definition) is 3. The number of amides is 1. The molecule has 1 amide bonds. The van der Waals surface area contributed by atoms with Crippen LogP contribution in [0.2, 0.25) is 0 Å². The summed E-state index contributed by atoms with van der Waals surface area (Å²) in [5, 5.41) is 6.27. The predicted octanol–water partition coefficient (Wildman–Crippen LogP) is 2.97. The van der Waals surface area contributed by atoms with Crippen molar-refractivity contribution in [3.05, 3.63) is 29.8 Å². The number of piperidine rings is 1. The first kappa shape index (κ1) is 18.0. The van der Waals surface area contributed by atoms with Gasteiger partial charge in [0.25, 0.3) is 0 Å². The molecular weight excluding hydrogens is 288 g/mol. The normalized spacial score (nSPS) is 15.6. The largest absolute Gasteiger partial charge is 0.374 e. The summed E-state index contributed by atoms with van der Waals surface area (Å²) in [5.74, 6) is 0.276. The van der Waals surface area contributed by atoms with Gasteiger partial charge in [-0.2, -0.15) is 0 Å². The standard InChI is InChI=1S/C16H24N2O2.ClH/c1-12(2)20-11-13-3-5-15(6-4-13)18-16(19)14-7-9-17-10-8-14;/h3-6,12,14,17H,7-11H2,1-2H3,(H,18,19);1H. The highest BCUT2D eigenvalue weighted by Gasteiger charge is 2.20. The van der Waals surface area contributed by atoms with Gasteiger partial charge < -0.3 is 15.4 Å². The topological polar surface area (TPSA) is 50.4 Å². The minimum Gasteiger partial charge on any atom is -0.374 e. The molecule has 2 N–H and O–H groups in total. The first-order valence-electron chi connectivity index (χ1n) is 7.37. The van der Waals surface area contributed by atoms with Crippen LogP contribution in [0.5, 0.6) is 0 Å². The lowest BCUT2D eigenvalue weighted by molar-refractivity contribution is -0.120.